The Hall–Kier alpha value is -3.00. The van der Waals surface area contributed by atoms with Gasteiger partial charge in [-0.2, -0.15) is 0 Å². The number of aromatic nitrogens is 1. The van der Waals surface area contributed by atoms with Crippen LogP contribution < -0.4 is 14.4 Å². The van der Waals surface area contributed by atoms with Crippen molar-refractivity contribution < 1.29 is 28.2 Å². The predicted molar refractivity (Wildman–Crippen MR) is 116 cm³/mol. The highest BCUT2D eigenvalue weighted by Gasteiger charge is 2.36. The molecule has 2 aliphatic rings. The number of amides is 1. The number of rotatable bonds is 8. The summed E-state index contributed by atoms with van der Waals surface area (Å²) in [7, 11) is 1.66. The molecule has 0 N–H and O–H groups in total. The fourth-order valence-electron chi connectivity index (χ4n) is 3.86. The Kier molecular flexibility index (Phi) is 6.15. The number of hydrogen-bond acceptors (Lipinski definition) is 6. The molecule has 7 nitrogen and oxygen atoms in total. The van der Waals surface area contributed by atoms with Crippen molar-refractivity contribution in [2.75, 3.05) is 25.2 Å². The number of anilines is 1. The molecule has 1 atom stereocenters. The van der Waals surface area contributed by atoms with Gasteiger partial charge in [-0.05, 0) is 44.0 Å². The number of benzene rings is 1. The highest BCUT2D eigenvalue weighted by molar-refractivity contribution is 6.04. The van der Waals surface area contributed by atoms with Crippen LogP contribution in [0.3, 0.4) is 0 Å². The Bertz CT molecular complexity index is 1020. The number of nitrogens with zero attached hydrogens (tertiary/aromatic N) is 2. The first kappa shape index (κ1) is 22.2. The molecule has 0 spiro atoms. The van der Waals surface area contributed by atoms with Gasteiger partial charge < -0.3 is 19.1 Å². The maximum atomic E-state index is 14.4. The van der Waals surface area contributed by atoms with Gasteiger partial charge in [-0.1, -0.05) is 0 Å². The van der Waals surface area contributed by atoms with Gasteiger partial charge in [0.25, 0.3) is 5.91 Å². The zero-order valence-corrected chi connectivity index (χ0v) is 18.5. The van der Waals surface area contributed by atoms with E-state index in [1.54, 1.807) is 25.3 Å². The van der Waals surface area contributed by atoms with Crippen LogP contribution in [0.15, 0.2) is 30.5 Å². The van der Waals surface area contributed by atoms with Gasteiger partial charge in [-0.3, -0.25) is 9.59 Å². The fourth-order valence-corrected chi connectivity index (χ4v) is 3.86. The lowest BCUT2D eigenvalue weighted by atomic mass is 10.1. The number of ketones is 1. The zero-order chi connectivity index (χ0) is 22.9. The summed E-state index contributed by atoms with van der Waals surface area (Å²) in [6.07, 6.45) is 2.71. The third-order valence-electron chi connectivity index (χ3n) is 6.04. The highest BCUT2D eigenvalue weighted by atomic mass is 19.1. The minimum Gasteiger partial charge on any atom is -0.479 e. The van der Waals surface area contributed by atoms with E-state index in [4.69, 9.17) is 14.2 Å². The van der Waals surface area contributed by atoms with Crippen LogP contribution >= 0.6 is 0 Å². The lowest BCUT2D eigenvalue weighted by Crippen LogP contribution is -2.32. The smallest absolute Gasteiger partial charge is 0.268 e. The topological polar surface area (TPSA) is 78.0 Å². The molecule has 1 aliphatic heterocycles. The summed E-state index contributed by atoms with van der Waals surface area (Å²) in [5.74, 6) is 0.123. The first-order valence-electron chi connectivity index (χ1n) is 10.7. The number of Topliss-reactive ketones (excluding diaryl/α,β-unsaturated/α-hetero) is 1. The van der Waals surface area contributed by atoms with E-state index < -0.39 is 11.9 Å². The van der Waals surface area contributed by atoms with E-state index in [-0.39, 0.29) is 17.3 Å². The van der Waals surface area contributed by atoms with Crippen molar-refractivity contribution in [3.63, 3.8) is 0 Å². The van der Waals surface area contributed by atoms with Gasteiger partial charge in [0.15, 0.2) is 11.9 Å². The van der Waals surface area contributed by atoms with E-state index in [1.807, 2.05) is 13.8 Å². The van der Waals surface area contributed by atoms with Crippen LogP contribution in [0.5, 0.6) is 11.6 Å². The average molecular weight is 442 g/mol. The summed E-state index contributed by atoms with van der Waals surface area (Å²) >= 11 is 0. The highest BCUT2D eigenvalue weighted by Crippen LogP contribution is 2.32. The van der Waals surface area contributed by atoms with Crippen LogP contribution in [-0.4, -0.2) is 48.6 Å². The second-order valence-electron chi connectivity index (χ2n) is 8.66. The Labute approximate surface area is 186 Å². The third kappa shape index (κ3) is 4.60. The van der Waals surface area contributed by atoms with Crippen molar-refractivity contribution in [2.24, 2.45) is 0 Å². The van der Waals surface area contributed by atoms with Crippen molar-refractivity contribution in [1.82, 2.24) is 4.98 Å². The molecule has 2 aromatic rings. The van der Waals surface area contributed by atoms with E-state index in [1.165, 1.54) is 17.2 Å². The molecule has 0 bridgehead atoms. The number of carbonyl (C=O) groups is 2. The molecule has 1 amide bonds. The van der Waals surface area contributed by atoms with Crippen LogP contribution in [0.1, 0.15) is 49.0 Å². The third-order valence-corrected chi connectivity index (χ3v) is 6.04. The van der Waals surface area contributed by atoms with Gasteiger partial charge in [0.2, 0.25) is 5.88 Å². The van der Waals surface area contributed by atoms with E-state index in [0.29, 0.717) is 67.3 Å². The largest absolute Gasteiger partial charge is 0.479 e. The molecule has 8 heteroatoms. The molecule has 1 fully saturated rings. The van der Waals surface area contributed by atoms with Gasteiger partial charge in [-0.25, -0.2) is 9.37 Å². The van der Waals surface area contributed by atoms with E-state index in [2.05, 4.69) is 4.98 Å². The molecule has 1 aromatic heterocycles. The molecule has 1 saturated heterocycles. The number of pyridine rings is 1. The quantitative estimate of drug-likeness (QED) is 0.620. The number of carbonyl (C=O) groups excluding carboxylic acids is 2. The van der Waals surface area contributed by atoms with Gasteiger partial charge in [0.05, 0.1) is 18.4 Å². The van der Waals surface area contributed by atoms with Gasteiger partial charge in [0.1, 0.15) is 11.6 Å². The fraction of sp³-hybridized carbons (Fsp3) is 0.458. The Morgan fingerprint density at radius 2 is 2.03 bits per heavy atom. The maximum absolute atomic E-state index is 14.4. The monoisotopic (exact) mass is 442 g/mol. The number of methoxy groups -OCH3 is 1. The van der Waals surface area contributed by atoms with Crippen LogP contribution in [0, 0.1) is 5.82 Å². The number of ether oxygens (including phenoxy) is 3. The SMILES string of the molecule is COC(C)(C)CCOc1ccc(OC2CCN(c3cc(F)c4c(c3)C(=O)CC4)C2=O)cn1. The zero-order valence-electron chi connectivity index (χ0n) is 18.5. The van der Waals surface area contributed by atoms with Crippen molar-refractivity contribution in [3.05, 3.63) is 47.4 Å². The summed E-state index contributed by atoms with van der Waals surface area (Å²) in [6, 6.07) is 6.34. The molecule has 1 unspecified atom stereocenters. The second kappa shape index (κ2) is 8.86. The number of hydrogen-bond donors (Lipinski definition) is 0. The van der Waals surface area contributed by atoms with Crippen molar-refractivity contribution in [2.45, 2.75) is 51.2 Å². The van der Waals surface area contributed by atoms with Crippen LogP contribution in [0.25, 0.3) is 0 Å². The van der Waals surface area contributed by atoms with Crippen LogP contribution in [-0.2, 0) is 16.0 Å². The molecule has 0 saturated carbocycles. The molecule has 170 valence electrons. The van der Waals surface area contributed by atoms with Crippen molar-refractivity contribution in [1.29, 1.82) is 0 Å². The van der Waals surface area contributed by atoms with Crippen molar-refractivity contribution in [3.8, 4) is 11.6 Å². The predicted octanol–water partition coefficient (Wildman–Crippen LogP) is 3.73. The van der Waals surface area contributed by atoms with Crippen molar-refractivity contribution >= 4 is 17.4 Å². The maximum Gasteiger partial charge on any atom is 0.268 e. The molecule has 1 aliphatic carbocycles. The first-order valence-corrected chi connectivity index (χ1v) is 10.7. The van der Waals surface area contributed by atoms with Gasteiger partial charge in [0, 0.05) is 50.2 Å². The Morgan fingerprint density at radius 1 is 1.22 bits per heavy atom. The summed E-state index contributed by atoms with van der Waals surface area (Å²) in [6.45, 7) is 4.82. The number of fused-ring (bicyclic) bond motifs is 1. The van der Waals surface area contributed by atoms with E-state index >= 15 is 0 Å². The van der Waals surface area contributed by atoms with Gasteiger partial charge in [-0.15, -0.1) is 0 Å². The first-order chi connectivity index (χ1) is 15.3. The Morgan fingerprint density at radius 3 is 2.75 bits per heavy atom. The van der Waals surface area contributed by atoms with Crippen LogP contribution in [0.2, 0.25) is 0 Å². The summed E-state index contributed by atoms with van der Waals surface area (Å²) in [5.41, 5.74) is 0.948. The normalized spacial score (nSPS) is 18.2. The van der Waals surface area contributed by atoms with E-state index in [9.17, 15) is 14.0 Å². The summed E-state index contributed by atoms with van der Waals surface area (Å²) in [5, 5.41) is 0. The molecule has 1 aromatic carbocycles. The Balaban J connectivity index is 1.36. The summed E-state index contributed by atoms with van der Waals surface area (Å²) in [4.78, 5) is 30.6. The lowest BCUT2D eigenvalue weighted by molar-refractivity contribution is -0.122. The van der Waals surface area contributed by atoms with E-state index in [0.717, 1.165) is 0 Å². The van der Waals surface area contributed by atoms with Gasteiger partial charge >= 0.3 is 0 Å². The molecular weight excluding hydrogens is 415 g/mol. The summed E-state index contributed by atoms with van der Waals surface area (Å²) < 4.78 is 31.2. The second-order valence-corrected chi connectivity index (χ2v) is 8.66. The van der Waals surface area contributed by atoms with Crippen LogP contribution in [0.4, 0.5) is 10.1 Å². The molecule has 2 heterocycles. The molecule has 32 heavy (non-hydrogen) atoms. The number of halogens is 1. The molecule has 0 radical (unpaired) electrons. The standard InChI is InChI=1S/C24H27FN2O5/c1-24(2,30-3)9-11-31-22-7-4-16(14-26-22)32-21-8-10-27(23(21)29)15-12-18-17(19(25)13-15)5-6-20(18)28/h4,7,12-14,21H,5-6,8-11H2,1-3H3. The minimum absolute atomic E-state index is 0.0839. The molecular formula is C24H27FN2O5. The minimum atomic E-state index is -0.696. The lowest BCUT2D eigenvalue weighted by Gasteiger charge is -2.22. The average Bonchev–Trinajstić information content (AvgIpc) is 3.32. The molecule has 4 rings (SSSR count).